The van der Waals surface area contributed by atoms with Crippen molar-refractivity contribution in [2.24, 2.45) is 5.73 Å². The number of hydrogen-bond donors (Lipinski definition) is 2. The van der Waals surface area contributed by atoms with Gasteiger partial charge >= 0.3 is 0 Å². The van der Waals surface area contributed by atoms with Gasteiger partial charge in [-0.1, -0.05) is 11.6 Å². The van der Waals surface area contributed by atoms with Crippen LogP contribution in [0.2, 0.25) is 5.02 Å². The van der Waals surface area contributed by atoms with Gasteiger partial charge in [0, 0.05) is 22.2 Å². The van der Waals surface area contributed by atoms with Gasteiger partial charge in [0.15, 0.2) is 0 Å². The van der Waals surface area contributed by atoms with Crippen LogP contribution in [0, 0.1) is 0 Å². The van der Waals surface area contributed by atoms with Crippen LogP contribution in [0.15, 0.2) is 22.7 Å². The Bertz CT molecular complexity index is 356. The number of nitrogens with one attached hydrogen (secondary N) is 1. The van der Waals surface area contributed by atoms with E-state index in [-0.39, 0.29) is 0 Å². The van der Waals surface area contributed by atoms with Crippen LogP contribution in [-0.2, 0) is 0 Å². The zero-order valence-electron chi connectivity index (χ0n) is 8.34. The first-order valence-electron chi connectivity index (χ1n) is 5.12. The van der Waals surface area contributed by atoms with Crippen molar-refractivity contribution in [1.82, 2.24) is 0 Å². The van der Waals surface area contributed by atoms with E-state index in [4.69, 9.17) is 17.3 Å². The summed E-state index contributed by atoms with van der Waals surface area (Å²) in [5.41, 5.74) is 6.93. The van der Waals surface area contributed by atoms with Crippen molar-refractivity contribution >= 4 is 33.2 Å². The van der Waals surface area contributed by atoms with E-state index >= 15 is 0 Å². The third kappa shape index (κ3) is 2.86. The highest BCUT2D eigenvalue weighted by Crippen LogP contribution is 2.28. The van der Waals surface area contributed by atoms with Gasteiger partial charge in [0.1, 0.15) is 0 Å². The van der Waals surface area contributed by atoms with Gasteiger partial charge in [-0.2, -0.15) is 0 Å². The third-order valence-corrected chi connectivity index (χ3v) is 4.00. The number of benzene rings is 1. The summed E-state index contributed by atoms with van der Waals surface area (Å²) in [4.78, 5) is 0. The van der Waals surface area contributed by atoms with Gasteiger partial charge in [-0.15, -0.1) is 0 Å². The molecule has 1 aliphatic carbocycles. The van der Waals surface area contributed by atoms with Gasteiger partial charge in [-0.3, -0.25) is 0 Å². The van der Waals surface area contributed by atoms with Crippen LogP contribution in [0.25, 0.3) is 0 Å². The van der Waals surface area contributed by atoms with Crippen LogP contribution in [0.3, 0.4) is 0 Å². The SMILES string of the molecule is NC1CCC(Nc2ccc(Br)c(Cl)c2)C1. The van der Waals surface area contributed by atoms with Crippen LogP contribution in [-0.4, -0.2) is 12.1 Å². The second kappa shape index (κ2) is 4.73. The predicted octanol–water partition coefficient (Wildman–Crippen LogP) is 3.39. The van der Waals surface area contributed by atoms with E-state index in [2.05, 4.69) is 21.2 Å². The molecule has 0 aromatic heterocycles. The lowest BCUT2D eigenvalue weighted by molar-refractivity contribution is 0.688. The van der Waals surface area contributed by atoms with Crippen molar-refractivity contribution in [2.75, 3.05) is 5.32 Å². The molecule has 1 aromatic rings. The minimum Gasteiger partial charge on any atom is -0.382 e. The Morgan fingerprint density at radius 1 is 1.40 bits per heavy atom. The molecule has 2 nitrogen and oxygen atoms in total. The maximum atomic E-state index is 6.02. The van der Waals surface area contributed by atoms with Crippen LogP contribution in [0.4, 0.5) is 5.69 Å². The average Bonchev–Trinajstić information content (AvgIpc) is 2.58. The summed E-state index contributed by atoms with van der Waals surface area (Å²) in [7, 11) is 0. The number of hydrogen-bond acceptors (Lipinski definition) is 2. The smallest absolute Gasteiger partial charge is 0.0568 e. The summed E-state index contributed by atoms with van der Waals surface area (Å²) in [5, 5.41) is 4.19. The number of rotatable bonds is 2. The van der Waals surface area contributed by atoms with Gasteiger partial charge in [-0.25, -0.2) is 0 Å². The fraction of sp³-hybridized carbons (Fsp3) is 0.455. The van der Waals surface area contributed by atoms with Gasteiger partial charge in [0.05, 0.1) is 5.02 Å². The predicted molar refractivity (Wildman–Crippen MR) is 68.4 cm³/mol. The Labute approximate surface area is 103 Å². The molecule has 0 saturated heterocycles. The topological polar surface area (TPSA) is 38.0 Å². The van der Waals surface area contributed by atoms with Crippen molar-refractivity contribution in [3.8, 4) is 0 Å². The summed E-state index contributed by atoms with van der Waals surface area (Å²) in [6, 6.07) is 6.78. The van der Waals surface area contributed by atoms with Crippen molar-refractivity contribution < 1.29 is 0 Å². The van der Waals surface area contributed by atoms with Gasteiger partial charge < -0.3 is 11.1 Å². The Morgan fingerprint density at radius 3 is 2.80 bits per heavy atom. The lowest BCUT2D eigenvalue weighted by atomic mass is 10.2. The maximum absolute atomic E-state index is 6.02. The molecule has 1 aliphatic rings. The van der Waals surface area contributed by atoms with Crippen LogP contribution in [0.5, 0.6) is 0 Å². The van der Waals surface area contributed by atoms with E-state index in [1.54, 1.807) is 0 Å². The first-order valence-corrected chi connectivity index (χ1v) is 6.29. The standard InChI is InChI=1S/C11H14BrClN2/c12-10-4-3-9(6-11(10)13)15-8-2-1-7(14)5-8/h3-4,6-8,15H,1-2,5,14H2. The number of nitrogens with two attached hydrogens (primary N) is 1. The molecule has 2 rings (SSSR count). The van der Waals surface area contributed by atoms with Gasteiger partial charge in [-0.05, 0) is 53.4 Å². The number of anilines is 1. The van der Waals surface area contributed by atoms with E-state index in [0.717, 1.165) is 34.4 Å². The minimum atomic E-state index is 0.355. The number of halogens is 2. The summed E-state index contributed by atoms with van der Waals surface area (Å²) < 4.78 is 0.929. The maximum Gasteiger partial charge on any atom is 0.0568 e. The Kier molecular flexibility index (Phi) is 3.54. The van der Waals surface area contributed by atoms with Crippen LogP contribution < -0.4 is 11.1 Å². The molecule has 2 atom stereocenters. The summed E-state index contributed by atoms with van der Waals surface area (Å²) in [5.74, 6) is 0. The fourth-order valence-electron chi connectivity index (χ4n) is 1.97. The summed E-state index contributed by atoms with van der Waals surface area (Å²) in [6.07, 6.45) is 3.31. The van der Waals surface area contributed by atoms with Gasteiger partial charge in [0.25, 0.3) is 0 Å². The quantitative estimate of drug-likeness (QED) is 0.876. The highest BCUT2D eigenvalue weighted by Gasteiger charge is 2.21. The zero-order chi connectivity index (χ0) is 10.8. The van der Waals surface area contributed by atoms with Crippen molar-refractivity contribution in [2.45, 2.75) is 31.3 Å². The second-order valence-corrected chi connectivity index (χ2v) is 5.30. The van der Waals surface area contributed by atoms with Crippen LogP contribution >= 0.6 is 27.5 Å². The first kappa shape index (κ1) is 11.2. The highest BCUT2D eigenvalue weighted by atomic mass is 79.9. The fourth-order valence-corrected chi connectivity index (χ4v) is 2.40. The van der Waals surface area contributed by atoms with Crippen molar-refractivity contribution in [1.29, 1.82) is 0 Å². The lowest BCUT2D eigenvalue weighted by Gasteiger charge is -2.14. The van der Waals surface area contributed by atoms with E-state index in [1.165, 1.54) is 0 Å². The first-order chi connectivity index (χ1) is 7.15. The van der Waals surface area contributed by atoms with Crippen molar-refractivity contribution in [3.05, 3.63) is 27.7 Å². The monoisotopic (exact) mass is 288 g/mol. The molecule has 3 N–H and O–H groups in total. The van der Waals surface area contributed by atoms with Crippen molar-refractivity contribution in [3.63, 3.8) is 0 Å². The molecule has 4 heteroatoms. The molecular formula is C11H14BrClN2. The third-order valence-electron chi connectivity index (χ3n) is 2.76. The molecule has 2 unspecified atom stereocenters. The minimum absolute atomic E-state index is 0.355. The second-order valence-electron chi connectivity index (χ2n) is 4.04. The molecule has 0 spiro atoms. The lowest BCUT2D eigenvalue weighted by Crippen LogP contribution is -2.20. The van der Waals surface area contributed by atoms with E-state index in [1.807, 2.05) is 18.2 Å². The average molecular weight is 290 g/mol. The van der Waals surface area contributed by atoms with Gasteiger partial charge in [0.2, 0.25) is 0 Å². The highest BCUT2D eigenvalue weighted by molar-refractivity contribution is 9.10. The zero-order valence-corrected chi connectivity index (χ0v) is 10.7. The normalized spacial score (nSPS) is 25.5. The van der Waals surface area contributed by atoms with Crippen LogP contribution in [0.1, 0.15) is 19.3 Å². The molecule has 1 fully saturated rings. The molecular weight excluding hydrogens is 275 g/mol. The van der Waals surface area contributed by atoms with E-state index in [9.17, 15) is 0 Å². The van der Waals surface area contributed by atoms with E-state index < -0.39 is 0 Å². The summed E-state index contributed by atoms with van der Waals surface area (Å²) in [6.45, 7) is 0. The largest absolute Gasteiger partial charge is 0.382 e. The Balaban J connectivity index is 2.02. The summed E-state index contributed by atoms with van der Waals surface area (Å²) >= 11 is 9.39. The molecule has 0 radical (unpaired) electrons. The molecule has 82 valence electrons. The molecule has 15 heavy (non-hydrogen) atoms. The van der Waals surface area contributed by atoms with E-state index in [0.29, 0.717) is 12.1 Å². The Hall–Kier alpha value is -0.250. The molecule has 0 aliphatic heterocycles. The molecule has 1 aromatic carbocycles. The molecule has 0 heterocycles. The molecule has 0 bridgehead atoms. The molecule has 0 amide bonds. The molecule has 1 saturated carbocycles. The Morgan fingerprint density at radius 2 is 2.20 bits per heavy atom.